The van der Waals surface area contributed by atoms with Crippen LogP contribution in [0, 0.1) is 22.7 Å². The number of aromatic nitrogens is 2. The highest BCUT2D eigenvalue weighted by molar-refractivity contribution is 7.90. The second-order valence-electron chi connectivity index (χ2n) is 6.13. The van der Waals surface area contributed by atoms with Gasteiger partial charge in [0.1, 0.15) is 17.7 Å². The number of benzene rings is 2. The van der Waals surface area contributed by atoms with E-state index < -0.39 is 15.4 Å². The van der Waals surface area contributed by atoms with Crippen LogP contribution in [0.2, 0.25) is 0 Å². The van der Waals surface area contributed by atoms with Crippen molar-refractivity contribution in [1.29, 1.82) is 10.5 Å². The van der Waals surface area contributed by atoms with Gasteiger partial charge in [-0.25, -0.2) is 18.8 Å². The van der Waals surface area contributed by atoms with Crippen LogP contribution < -0.4 is 11.0 Å². The van der Waals surface area contributed by atoms with Gasteiger partial charge in [0.25, 0.3) is 5.56 Å². The first-order chi connectivity index (χ1) is 14.3. The second-order valence-corrected chi connectivity index (χ2v) is 8.11. The van der Waals surface area contributed by atoms with Crippen LogP contribution in [-0.4, -0.2) is 30.9 Å². The molecule has 0 saturated heterocycles. The number of hydrogen-bond acceptors (Lipinski definition) is 8. The summed E-state index contributed by atoms with van der Waals surface area (Å²) in [4.78, 5) is 18.8. The molecule has 2 N–H and O–H groups in total. The van der Waals surface area contributed by atoms with Crippen LogP contribution in [0.4, 0.5) is 5.95 Å². The van der Waals surface area contributed by atoms with Crippen molar-refractivity contribution in [2.24, 2.45) is 5.10 Å². The third-order valence-corrected chi connectivity index (χ3v) is 5.14. The Balaban J connectivity index is 1.91. The molecule has 0 fully saturated rings. The Labute approximate surface area is 171 Å². The number of sulfone groups is 1. The van der Waals surface area contributed by atoms with Gasteiger partial charge in [-0.15, -0.1) is 0 Å². The van der Waals surface area contributed by atoms with E-state index in [9.17, 15) is 23.7 Å². The molecule has 0 bridgehead atoms. The lowest BCUT2D eigenvalue weighted by atomic mass is 10.1. The molecule has 0 amide bonds. The molecular weight excluding hydrogens is 404 g/mol. The summed E-state index contributed by atoms with van der Waals surface area (Å²) >= 11 is 0. The average Bonchev–Trinajstić information content (AvgIpc) is 2.73. The van der Waals surface area contributed by atoms with Gasteiger partial charge in [-0.1, -0.05) is 36.4 Å². The minimum absolute atomic E-state index is 0.00211. The summed E-state index contributed by atoms with van der Waals surface area (Å²) in [5, 5.41) is 22.4. The van der Waals surface area contributed by atoms with E-state index in [0.29, 0.717) is 11.1 Å². The fourth-order valence-electron chi connectivity index (χ4n) is 2.64. The topological polar surface area (TPSA) is 152 Å². The highest BCUT2D eigenvalue weighted by Crippen LogP contribution is 2.19. The van der Waals surface area contributed by atoms with Crippen molar-refractivity contribution >= 4 is 22.0 Å². The maximum atomic E-state index is 12.2. The molecule has 3 aromatic rings. The number of anilines is 1. The minimum atomic E-state index is -3.53. The zero-order chi connectivity index (χ0) is 21.7. The van der Waals surface area contributed by atoms with Gasteiger partial charge in [-0.05, 0) is 17.7 Å². The molecule has 2 aromatic carbocycles. The minimum Gasteiger partial charge on any atom is -0.290 e. The van der Waals surface area contributed by atoms with Crippen molar-refractivity contribution in [1.82, 2.24) is 9.97 Å². The van der Waals surface area contributed by atoms with Crippen molar-refractivity contribution in [3.63, 3.8) is 0 Å². The molecule has 0 saturated carbocycles. The van der Waals surface area contributed by atoms with Crippen LogP contribution in [0.5, 0.6) is 0 Å². The molecule has 1 heterocycles. The van der Waals surface area contributed by atoms with Crippen molar-refractivity contribution in [2.75, 3.05) is 11.7 Å². The third kappa shape index (κ3) is 4.41. The molecule has 0 unspecified atom stereocenters. The van der Waals surface area contributed by atoms with E-state index in [1.807, 2.05) is 12.1 Å². The van der Waals surface area contributed by atoms with Crippen LogP contribution >= 0.6 is 0 Å². The lowest BCUT2D eigenvalue weighted by molar-refractivity contribution is 0.601. The quantitative estimate of drug-likeness (QED) is 0.475. The van der Waals surface area contributed by atoms with Crippen molar-refractivity contribution in [3.8, 4) is 23.4 Å². The van der Waals surface area contributed by atoms with E-state index in [-0.39, 0.29) is 27.7 Å². The number of H-pyrrole nitrogens is 1. The number of nitrogens with one attached hydrogen (secondary N) is 2. The Kier molecular flexibility index (Phi) is 5.72. The molecule has 1 aromatic heterocycles. The molecule has 0 atom stereocenters. The average molecular weight is 418 g/mol. The van der Waals surface area contributed by atoms with Crippen molar-refractivity contribution in [3.05, 3.63) is 75.6 Å². The van der Waals surface area contributed by atoms with Gasteiger partial charge < -0.3 is 0 Å². The van der Waals surface area contributed by atoms with Crippen LogP contribution in [0.3, 0.4) is 0 Å². The molecule has 0 aliphatic carbocycles. The van der Waals surface area contributed by atoms with E-state index in [1.54, 1.807) is 30.3 Å². The Bertz CT molecular complexity index is 1380. The monoisotopic (exact) mass is 418 g/mol. The maximum Gasteiger partial charge on any atom is 0.270 e. The fraction of sp³-hybridized carbons (Fsp3) is 0.0500. The first-order valence-corrected chi connectivity index (χ1v) is 10.4. The lowest BCUT2D eigenvalue weighted by Crippen LogP contribution is -2.16. The third-order valence-electron chi connectivity index (χ3n) is 3.99. The van der Waals surface area contributed by atoms with E-state index in [2.05, 4.69) is 20.5 Å². The highest BCUT2D eigenvalue weighted by Gasteiger charge is 2.14. The Morgan fingerprint density at radius 2 is 1.87 bits per heavy atom. The fourth-order valence-corrected chi connectivity index (χ4v) is 3.46. The van der Waals surface area contributed by atoms with Crippen molar-refractivity contribution < 1.29 is 8.42 Å². The van der Waals surface area contributed by atoms with Gasteiger partial charge in [0.15, 0.2) is 9.84 Å². The van der Waals surface area contributed by atoms with Gasteiger partial charge in [0.05, 0.1) is 22.4 Å². The van der Waals surface area contributed by atoms with Gasteiger partial charge in [0.2, 0.25) is 5.95 Å². The smallest absolute Gasteiger partial charge is 0.270 e. The van der Waals surface area contributed by atoms with Crippen LogP contribution in [-0.2, 0) is 9.84 Å². The second kappa shape index (κ2) is 8.39. The first kappa shape index (κ1) is 20.5. The number of aromatic amines is 1. The largest absolute Gasteiger partial charge is 0.290 e. The predicted molar refractivity (Wildman–Crippen MR) is 110 cm³/mol. The summed E-state index contributed by atoms with van der Waals surface area (Å²) in [6.07, 6.45) is 2.36. The molecule has 10 heteroatoms. The summed E-state index contributed by atoms with van der Waals surface area (Å²) in [5.41, 5.74) is 3.11. The Morgan fingerprint density at radius 1 is 1.13 bits per heavy atom. The van der Waals surface area contributed by atoms with E-state index in [0.717, 1.165) is 6.26 Å². The zero-order valence-corrected chi connectivity index (χ0v) is 16.4. The van der Waals surface area contributed by atoms with Gasteiger partial charge in [-0.3, -0.25) is 9.78 Å². The summed E-state index contributed by atoms with van der Waals surface area (Å²) in [7, 11) is -3.53. The molecule has 30 heavy (non-hydrogen) atoms. The van der Waals surface area contributed by atoms with Crippen molar-refractivity contribution in [2.45, 2.75) is 4.90 Å². The standard InChI is InChI=1S/C20H14N6O3S/c1-30(28,29)17-8-7-13(9-15(17)10-21)12-23-26-20-24-18(14-5-3-2-4-6-14)16(11-22)19(27)25-20/h2-9,12H,1H3,(H2,24,25,26,27). The molecule has 0 spiro atoms. The highest BCUT2D eigenvalue weighted by atomic mass is 32.2. The van der Waals surface area contributed by atoms with Crippen LogP contribution in [0.15, 0.2) is 63.3 Å². The zero-order valence-electron chi connectivity index (χ0n) is 15.6. The molecule has 3 rings (SSSR count). The summed E-state index contributed by atoms with van der Waals surface area (Å²) in [6.45, 7) is 0. The van der Waals surface area contributed by atoms with Crippen LogP contribution in [0.1, 0.15) is 16.7 Å². The molecule has 9 nitrogen and oxygen atoms in total. The summed E-state index contributed by atoms with van der Waals surface area (Å²) < 4.78 is 23.4. The number of nitrogens with zero attached hydrogens (tertiary/aromatic N) is 4. The number of hydrazone groups is 1. The molecule has 0 aliphatic heterocycles. The Hall–Kier alpha value is -4.28. The predicted octanol–water partition coefficient (Wildman–Crippen LogP) is 2.03. The lowest BCUT2D eigenvalue weighted by Gasteiger charge is -2.06. The van der Waals surface area contributed by atoms with E-state index >= 15 is 0 Å². The molecular formula is C20H14N6O3S. The van der Waals surface area contributed by atoms with Gasteiger partial charge in [-0.2, -0.15) is 15.6 Å². The van der Waals surface area contributed by atoms with E-state index in [1.165, 1.54) is 24.4 Å². The van der Waals surface area contributed by atoms with Crippen LogP contribution in [0.25, 0.3) is 11.3 Å². The molecule has 148 valence electrons. The molecule has 0 aliphatic rings. The van der Waals surface area contributed by atoms with Gasteiger partial charge >= 0.3 is 0 Å². The summed E-state index contributed by atoms with van der Waals surface area (Å²) in [6, 6.07) is 16.7. The Morgan fingerprint density at radius 3 is 2.50 bits per heavy atom. The van der Waals surface area contributed by atoms with E-state index in [4.69, 9.17) is 0 Å². The maximum absolute atomic E-state index is 12.2. The number of hydrogen-bond donors (Lipinski definition) is 2. The summed E-state index contributed by atoms with van der Waals surface area (Å²) in [5.74, 6) is 0.0161. The SMILES string of the molecule is CS(=O)(=O)c1ccc(C=NNc2nc(-c3ccccc3)c(C#N)c(=O)[nH]2)cc1C#N. The number of nitriles is 2. The van der Waals surface area contributed by atoms with Gasteiger partial charge in [0, 0.05) is 11.8 Å². The number of rotatable bonds is 5. The molecule has 0 radical (unpaired) electrons. The normalized spacial score (nSPS) is 11.0. The first-order valence-electron chi connectivity index (χ1n) is 8.46.